The molecule has 0 spiro atoms. The molecule has 0 N–H and O–H groups in total. The molecule has 0 nitrogen and oxygen atoms in total. The van der Waals surface area contributed by atoms with E-state index in [1.165, 1.54) is 11.1 Å². The monoisotopic (exact) mass is 580 g/mol. The zero-order valence-corrected chi connectivity index (χ0v) is 27.3. The fraction of sp³-hybridized carbons (Fsp3) is 0.467. The summed E-state index contributed by atoms with van der Waals surface area (Å²) in [5.41, 5.74) is 9.22. The smallest absolute Gasteiger partial charge is 1.00 e. The van der Waals surface area contributed by atoms with E-state index in [9.17, 15) is 0 Å². The first-order chi connectivity index (χ1) is 15.7. The van der Waals surface area contributed by atoms with Crippen molar-refractivity contribution in [3.63, 3.8) is 0 Å². The molecule has 0 aromatic heterocycles. The third-order valence-corrected chi connectivity index (χ3v) is 17.1. The molecule has 2 unspecified atom stereocenters. The number of fused-ring (bicyclic) bond motifs is 2. The zero-order chi connectivity index (χ0) is 23.9. The minimum absolute atomic E-state index is 0. The SMILES string of the molecule is CC(C)P(C1=Cc2ccccc2[CH]1[Ti+2][CH]1C(P(C(C)C)C(C)C)=Cc2ccccc21)C(C)C.[Cl-].[Cl-]. The molecule has 0 bridgehead atoms. The topological polar surface area (TPSA) is 0 Å². The van der Waals surface area contributed by atoms with Crippen LogP contribution in [0.25, 0.3) is 12.2 Å². The molecule has 5 heteroatoms. The number of rotatable bonds is 8. The van der Waals surface area contributed by atoms with Crippen molar-refractivity contribution in [1.29, 1.82) is 0 Å². The van der Waals surface area contributed by atoms with Gasteiger partial charge in [0.15, 0.2) is 0 Å². The van der Waals surface area contributed by atoms with Gasteiger partial charge in [-0.1, -0.05) is 0 Å². The van der Waals surface area contributed by atoms with Crippen LogP contribution < -0.4 is 24.8 Å². The molecule has 4 rings (SSSR count). The van der Waals surface area contributed by atoms with E-state index in [4.69, 9.17) is 0 Å². The molecule has 2 aromatic carbocycles. The third kappa shape index (κ3) is 6.39. The maximum Gasteiger partial charge on any atom is -1.00 e. The van der Waals surface area contributed by atoms with Crippen LogP contribution in [0.1, 0.15) is 86.1 Å². The Hall–Kier alpha value is 0.0743. The standard InChI is InChI=1S/2C15H20P.2ClH.Ti/c2*1-11(2)16(12(3)4)15-9-13-7-5-6-8-14(13)10-15;;;/h2*5-12H,1-4H3;2*1H;/q;;;;+2/p-2. The Balaban J connectivity index is 0.00000216. The second kappa shape index (κ2) is 13.2. The van der Waals surface area contributed by atoms with Gasteiger partial charge in [-0.15, -0.1) is 0 Å². The summed E-state index contributed by atoms with van der Waals surface area (Å²) in [6, 6.07) is 18.6. The van der Waals surface area contributed by atoms with Crippen molar-refractivity contribution >= 4 is 28.0 Å². The van der Waals surface area contributed by atoms with Crippen LogP contribution in [0.2, 0.25) is 0 Å². The van der Waals surface area contributed by atoms with Crippen LogP contribution in [0.3, 0.4) is 0 Å². The van der Waals surface area contributed by atoms with Crippen molar-refractivity contribution in [3.05, 3.63) is 81.4 Å². The molecular weight excluding hydrogens is 541 g/mol. The van der Waals surface area contributed by atoms with E-state index >= 15 is 0 Å². The summed E-state index contributed by atoms with van der Waals surface area (Å²) in [7, 11) is -0.258. The summed E-state index contributed by atoms with van der Waals surface area (Å²) in [6.45, 7) is 19.7. The van der Waals surface area contributed by atoms with E-state index in [-0.39, 0.29) is 59.8 Å². The van der Waals surface area contributed by atoms with Crippen LogP contribution in [-0.2, 0) is 19.2 Å². The molecule has 2 atom stereocenters. The number of hydrogen-bond donors (Lipinski definition) is 0. The van der Waals surface area contributed by atoms with Gasteiger partial charge in [0, 0.05) is 0 Å². The van der Waals surface area contributed by atoms with E-state index in [1.807, 2.05) is 0 Å². The Morgan fingerprint density at radius 2 is 0.857 bits per heavy atom. The Labute approximate surface area is 238 Å². The van der Waals surface area contributed by atoms with Crippen LogP contribution >= 0.6 is 15.8 Å². The summed E-state index contributed by atoms with van der Waals surface area (Å²) in [4.78, 5) is 0. The minimum Gasteiger partial charge on any atom is -1.00 e. The van der Waals surface area contributed by atoms with E-state index in [2.05, 4.69) is 116 Å². The van der Waals surface area contributed by atoms with Crippen molar-refractivity contribution < 1.29 is 44.0 Å². The predicted octanol–water partition coefficient (Wildman–Crippen LogP) is 3.87. The van der Waals surface area contributed by atoms with Gasteiger partial charge < -0.3 is 24.8 Å². The van der Waals surface area contributed by atoms with Gasteiger partial charge in [-0.25, -0.2) is 0 Å². The molecule has 0 radical (unpaired) electrons. The molecule has 0 fully saturated rings. The quantitative estimate of drug-likeness (QED) is 0.328. The first-order valence-electron chi connectivity index (χ1n) is 12.6. The molecule has 188 valence electrons. The first-order valence-corrected chi connectivity index (χ1v) is 17.4. The molecule has 2 aliphatic rings. The number of benzene rings is 2. The fourth-order valence-electron chi connectivity index (χ4n) is 5.96. The van der Waals surface area contributed by atoms with E-state index in [1.54, 1.807) is 21.8 Å². The van der Waals surface area contributed by atoms with Gasteiger partial charge in [-0.2, -0.15) is 0 Å². The Morgan fingerprint density at radius 1 is 0.543 bits per heavy atom. The minimum atomic E-state index is -0.297. The van der Waals surface area contributed by atoms with Crippen molar-refractivity contribution in [2.45, 2.75) is 86.5 Å². The van der Waals surface area contributed by atoms with Crippen molar-refractivity contribution in [2.75, 3.05) is 0 Å². The van der Waals surface area contributed by atoms with Gasteiger partial charge in [-0.05, 0) is 0 Å². The first kappa shape index (κ1) is 31.3. The number of halogens is 2. The molecular formula is C30H40Cl2P2Ti. The van der Waals surface area contributed by atoms with Gasteiger partial charge in [0.25, 0.3) is 0 Å². The summed E-state index contributed by atoms with van der Waals surface area (Å²) >= 11 is -0.297. The molecule has 2 aromatic rings. The van der Waals surface area contributed by atoms with E-state index < -0.39 is 0 Å². The van der Waals surface area contributed by atoms with Crippen LogP contribution in [0.4, 0.5) is 0 Å². The van der Waals surface area contributed by atoms with Crippen molar-refractivity contribution in [1.82, 2.24) is 0 Å². The maximum atomic E-state index is 2.62. The van der Waals surface area contributed by atoms with Gasteiger partial charge in [0.1, 0.15) is 0 Å². The number of hydrogen-bond acceptors (Lipinski definition) is 0. The summed E-state index contributed by atoms with van der Waals surface area (Å²) < 4.78 is 1.35. The van der Waals surface area contributed by atoms with Crippen LogP contribution in [0.15, 0.2) is 59.2 Å². The Kier molecular flexibility index (Phi) is 11.8. The fourth-order valence-corrected chi connectivity index (χ4v) is 16.9. The van der Waals surface area contributed by atoms with Gasteiger partial charge in [0.05, 0.1) is 0 Å². The molecule has 0 saturated heterocycles. The second-order valence-corrected chi connectivity index (χ2v) is 19.7. The number of allylic oxidation sites excluding steroid dienone is 2. The second-order valence-electron chi connectivity index (χ2n) is 10.6. The third-order valence-electron chi connectivity index (χ3n) is 6.97. The van der Waals surface area contributed by atoms with Crippen LogP contribution in [0.5, 0.6) is 0 Å². The van der Waals surface area contributed by atoms with Crippen molar-refractivity contribution in [2.24, 2.45) is 0 Å². The Morgan fingerprint density at radius 3 is 1.17 bits per heavy atom. The van der Waals surface area contributed by atoms with Gasteiger partial charge in [-0.3, -0.25) is 0 Å². The van der Waals surface area contributed by atoms with Crippen LogP contribution in [0, 0.1) is 0 Å². The van der Waals surface area contributed by atoms with Crippen molar-refractivity contribution in [3.8, 4) is 0 Å². The average Bonchev–Trinajstić information content (AvgIpc) is 3.26. The molecule has 2 aliphatic carbocycles. The average molecular weight is 581 g/mol. The molecule has 0 heterocycles. The van der Waals surface area contributed by atoms with E-state index in [0.29, 0.717) is 8.45 Å². The molecule has 35 heavy (non-hydrogen) atoms. The van der Waals surface area contributed by atoms with Crippen LogP contribution in [-0.4, -0.2) is 22.6 Å². The summed E-state index contributed by atoms with van der Waals surface area (Å²) in [5.74, 6) is 0. The maximum absolute atomic E-state index is 2.62. The normalized spacial score (nSPS) is 18.5. The summed E-state index contributed by atoms with van der Waals surface area (Å²) in [5, 5.41) is 3.61. The Bertz CT molecular complexity index is 958. The zero-order valence-electron chi connectivity index (χ0n) is 22.4. The largest absolute Gasteiger partial charge is 1.00 e. The molecule has 0 aliphatic heterocycles. The molecule has 0 saturated carbocycles. The van der Waals surface area contributed by atoms with E-state index in [0.717, 1.165) is 22.6 Å². The predicted molar refractivity (Wildman–Crippen MR) is 149 cm³/mol. The van der Waals surface area contributed by atoms with Gasteiger partial charge in [0.2, 0.25) is 0 Å². The summed E-state index contributed by atoms with van der Waals surface area (Å²) in [6.07, 6.45) is 5.24. The molecule has 0 amide bonds. The van der Waals surface area contributed by atoms with Gasteiger partial charge >= 0.3 is 215 Å².